The fourth-order valence-corrected chi connectivity index (χ4v) is 5.33. The van der Waals surface area contributed by atoms with Gasteiger partial charge in [0, 0.05) is 11.1 Å². The van der Waals surface area contributed by atoms with Gasteiger partial charge in [-0.1, -0.05) is 20.8 Å². The lowest BCUT2D eigenvalue weighted by molar-refractivity contribution is 0.0606. The summed E-state index contributed by atoms with van der Waals surface area (Å²) in [5.74, 6) is -0.524. The van der Waals surface area contributed by atoms with Crippen LogP contribution < -0.4 is 0 Å². The van der Waals surface area contributed by atoms with Gasteiger partial charge in [-0.2, -0.15) is 5.10 Å². The summed E-state index contributed by atoms with van der Waals surface area (Å²) in [6.07, 6.45) is 1.91. The van der Waals surface area contributed by atoms with Crippen LogP contribution in [0, 0.1) is 0 Å². The van der Waals surface area contributed by atoms with E-state index in [9.17, 15) is 13.2 Å². The van der Waals surface area contributed by atoms with Crippen molar-refractivity contribution in [2.24, 2.45) is 0 Å². The second-order valence-electron chi connectivity index (χ2n) is 5.33. The molecule has 132 valence electrons. The minimum absolute atomic E-state index is 0.0285. The number of thiophene rings is 1. The van der Waals surface area contributed by atoms with Crippen molar-refractivity contribution in [3.05, 3.63) is 27.7 Å². The predicted molar refractivity (Wildman–Crippen MR) is 93.9 cm³/mol. The summed E-state index contributed by atoms with van der Waals surface area (Å²) in [4.78, 5) is 12.5. The highest BCUT2D eigenvalue weighted by atomic mass is 32.2. The Morgan fingerprint density at radius 2 is 2.00 bits per heavy atom. The molecule has 0 N–H and O–H groups in total. The van der Waals surface area contributed by atoms with Gasteiger partial charge in [0.2, 0.25) is 0 Å². The number of nitrogens with zero attached hydrogens (tertiary/aromatic N) is 2. The van der Waals surface area contributed by atoms with Crippen molar-refractivity contribution in [2.45, 2.75) is 44.9 Å². The van der Waals surface area contributed by atoms with Crippen LogP contribution in [0.25, 0.3) is 5.69 Å². The number of hydrogen-bond acceptors (Lipinski definition) is 6. The third-order valence-electron chi connectivity index (χ3n) is 3.68. The van der Waals surface area contributed by atoms with Crippen molar-refractivity contribution in [3.8, 4) is 5.69 Å². The molecule has 2 aromatic rings. The van der Waals surface area contributed by atoms with E-state index in [4.69, 9.17) is 4.74 Å². The maximum Gasteiger partial charge on any atom is 0.350 e. The lowest BCUT2D eigenvalue weighted by Crippen LogP contribution is -2.14. The molecule has 0 amide bonds. The summed E-state index contributed by atoms with van der Waals surface area (Å²) >= 11 is 1.08. The van der Waals surface area contributed by atoms with Crippen LogP contribution in [0.2, 0.25) is 0 Å². The van der Waals surface area contributed by atoms with E-state index >= 15 is 0 Å². The quantitative estimate of drug-likeness (QED) is 0.700. The molecule has 0 unspecified atom stereocenters. The molecule has 0 bridgehead atoms. The highest BCUT2D eigenvalue weighted by Crippen LogP contribution is 2.33. The van der Waals surface area contributed by atoms with Crippen LogP contribution >= 0.6 is 11.3 Å². The van der Waals surface area contributed by atoms with Gasteiger partial charge in [0.05, 0.1) is 18.6 Å². The smallest absolute Gasteiger partial charge is 0.350 e. The van der Waals surface area contributed by atoms with Gasteiger partial charge >= 0.3 is 5.97 Å². The van der Waals surface area contributed by atoms with Crippen molar-refractivity contribution in [3.63, 3.8) is 0 Å². The van der Waals surface area contributed by atoms with Gasteiger partial charge in [-0.05, 0) is 25.3 Å². The molecule has 0 spiro atoms. The number of sulfone groups is 1. The van der Waals surface area contributed by atoms with Gasteiger partial charge in [0.1, 0.15) is 15.5 Å². The van der Waals surface area contributed by atoms with Crippen LogP contribution in [0.3, 0.4) is 0 Å². The van der Waals surface area contributed by atoms with E-state index < -0.39 is 15.8 Å². The van der Waals surface area contributed by atoms with Crippen LogP contribution in [-0.2, 0) is 27.4 Å². The molecule has 6 nitrogen and oxygen atoms in total. The number of rotatable bonds is 7. The first kappa shape index (κ1) is 18.7. The Labute approximate surface area is 146 Å². The Morgan fingerprint density at radius 3 is 2.54 bits per heavy atom. The fraction of sp³-hybridized carbons (Fsp3) is 0.500. The van der Waals surface area contributed by atoms with Crippen LogP contribution in [0.5, 0.6) is 0 Å². The van der Waals surface area contributed by atoms with E-state index in [0.717, 1.165) is 29.1 Å². The molecule has 0 aliphatic rings. The van der Waals surface area contributed by atoms with Gasteiger partial charge in [0.25, 0.3) is 0 Å². The third-order valence-corrected chi connectivity index (χ3v) is 6.71. The number of esters is 1. The van der Waals surface area contributed by atoms with Gasteiger partial charge in [0.15, 0.2) is 9.84 Å². The summed E-state index contributed by atoms with van der Waals surface area (Å²) < 4.78 is 31.7. The predicted octanol–water partition coefficient (Wildman–Crippen LogP) is 3.03. The number of carbonyl (C=O) groups is 1. The summed E-state index contributed by atoms with van der Waals surface area (Å²) in [7, 11) is -2.21. The first-order chi connectivity index (χ1) is 11.4. The topological polar surface area (TPSA) is 78.3 Å². The summed E-state index contributed by atoms with van der Waals surface area (Å²) in [5.41, 5.74) is 2.04. The molecule has 0 aliphatic heterocycles. The monoisotopic (exact) mass is 370 g/mol. The Morgan fingerprint density at radius 1 is 1.29 bits per heavy atom. The summed E-state index contributed by atoms with van der Waals surface area (Å²) in [6.45, 7) is 5.76. The first-order valence-corrected chi connectivity index (χ1v) is 10.4. The van der Waals surface area contributed by atoms with Gasteiger partial charge in [-0.25, -0.2) is 17.9 Å². The van der Waals surface area contributed by atoms with Crippen LogP contribution in [0.4, 0.5) is 0 Å². The third kappa shape index (κ3) is 3.39. The van der Waals surface area contributed by atoms with E-state index in [2.05, 4.69) is 5.10 Å². The zero-order valence-electron chi connectivity index (χ0n) is 14.3. The molecule has 2 rings (SSSR count). The lowest BCUT2D eigenvalue weighted by Gasteiger charge is -2.10. The minimum atomic E-state index is -3.49. The molecule has 0 saturated carbocycles. The van der Waals surface area contributed by atoms with Crippen molar-refractivity contribution in [1.82, 2.24) is 9.78 Å². The van der Waals surface area contributed by atoms with Crippen molar-refractivity contribution in [1.29, 1.82) is 0 Å². The molecule has 0 aromatic carbocycles. The molecule has 0 saturated heterocycles. The highest BCUT2D eigenvalue weighted by Gasteiger charge is 2.29. The average molecular weight is 370 g/mol. The van der Waals surface area contributed by atoms with Crippen LogP contribution in [-0.4, -0.2) is 37.0 Å². The number of aromatic nitrogens is 2. The minimum Gasteiger partial charge on any atom is -0.465 e. The zero-order valence-corrected chi connectivity index (χ0v) is 16.0. The van der Waals surface area contributed by atoms with Crippen molar-refractivity contribution in [2.75, 3.05) is 12.9 Å². The molecule has 0 radical (unpaired) electrons. The van der Waals surface area contributed by atoms with Crippen LogP contribution in [0.15, 0.2) is 16.3 Å². The molecule has 8 heteroatoms. The molecule has 0 atom stereocenters. The molecule has 2 aromatic heterocycles. The number of carbonyl (C=O) groups excluding carboxylic acids is 1. The molecule has 0 aliphatic carbocycles. The van der Waals surface area contributed by atoms with Crippen molar-refractivity contribution < 1.29 is 17.9 Å². The SMILES string of the molecule is CCCS(=O)(=O)c1csc(C(=O)OC)c1-n1nc(CC)cc1CC. The second-order valence-corrected chi connectivity index (χ2v) is 8.29. The number of methoxy groups -OCH3 is 1. The Bertz CT molecular complexity index is 834. The Balaban J connectivity index is 2.77. The number of ether oxygens (including phenoxy) is 1. The molecule has 2 heterocycles. The molecular formula is C16H22N2O4S2. The van der Waals surface area contributed by atoms with E-state index in [0.29, 0.717) is 18.5 Å². The van der Waals surface area contributed by atoms with Gasteiger partial charge in [-0.15, -0.1) is 11.3 Å². The highest BCUT2D eigenvalue weighted by molar-refractivity contribution is 7.91. The van der Waals surface area contributed by atoms with Crippen LogP contribution in [0.1, 0.15) is 48.3 Å². The standard InChI is InChI=1S/C16H22N2O4S2/c1-5-8-24(20,21)13-10-23-15(16(19)22-4)14(13)18-12(7-3)9-11(6-2)17-18/h9-10H,5-8H2,1-4H3. The zero-order chi connectivity index (χ0) is 17.9. The number of hydrogen-bond donors (Lipinski definition) is 0. The van der Waals surface area contributed by atoms with Gasteiger partial charge in [-0.3, -0.25) is 0 Å². The lowest BCUT2D eigenvalue weighted by atomic mass is 10.2. The maximum absolute atomic E-state index is 12.6. The molecule has 24 heavy (non-hydrogen) atoms. The fourth-order valence-electron chi connectivity index (χ4n) is 2.47. The van der Waals surface area contributed by atoms with Crippen molar-refractivity contribution >= 4 is 27.1 Å². The average Bonchev–Trinajstić information content (AvgIpc) is 3.17. The second kappa shape index (κ2) is 7.48. The largest absolute Gasteiger partial charge is 0.465 e. The molecule has 0 fully saturated rings. The maximum atomic E-state index is 12.6. The summed E-state index contributed by atoms with van der Waals surface area (Å²) in [5, 5.41) is 6.02. The molecular weight excluding hydrogens is 348 g/mol. The Kier molecular flexibility index (Phi) is 5.82. The summed E-state index contributed by atoms with van der Waals surface area (Å²) in [6, 6.07) is 1.94. The van der Waals surface area contributed by atoms with Gasteiger partial charge < -0.3 is 4.74 Å². The normalized spacial score (nSPS) is 11.7. The first-order valence-electron chi connectivity index (χ1n) is 7.90. The number of aryl methyl sites for hydroxylation is 2. The van der Waals surface area contributed by atoms with E-state index in [1.807, 2.05) is 26.8 Å². The van der Waals surface area contributed by atoms with E-state index in [1.165, 1.54) is 12.5 Å². The van der Waals surface area contributed by atoms with E-state index in [1.54, 1.807) is 4.68 Å². The van der Waals surface area contributed by atoms with E-state index in [-0.39, 0.29) is 15.5 Å². The Hall–Kier alpha value is -1.67.